The van der Waals surface area contributed by atoms with Gasteiger partial charge in [0.2, 0.25) is 0 Å². The quantitative estimate of drug-likeness (QED) is 0.167. The lowest BCUT2D eigenvalue weighted by molar-refractivity contribution is -0.0592. The van der Waals surface area contributed by atoms with Crippen LogP contribution in [0, 0.1) is 37.3 Å². The van der Waals surface area contributed by atoms with Crippen LogP contribution < -0.4 is 11.4 Å². The predicted octanol–water partition coefficient (Wildman–Crippen LogP) is 8.57. The molecule has 15 nitrogen and oxygen atoms in total. The standard InChI is InChI=1S/C52H54F2N10O5/c1-27-21-51(22-27)26-62(46(65)40-20-34-19-32(33-13-16-68-50(6,7)24-33)9-10-37(34)63(40)52(23-30(52)4)47-56-48(66)69-58-47)31(5)41-44(51)57-64(35-17-28(2)42(53)29(3)18-35)45(41)61-15-14-60(49(61)67)39-12-11-38-36(43(39)54)25-55-59(38)8/h9-12,14-15,17-20,25,27,30-31,33H,13,16,21-24,26H2,1-8H3,(H,56,58,66)/t27?,30-,31-,33-,51?,52-/m0/s1. The fraction of sp³-hybridized carbons (Fsp3) is 0.423. The summed E-state index contributed by atoms with van der Waals surface area (Å²) in [6.07, 6.45) is 8.38. The molecule has 0 unspecified atom stereocenters. The topological polar surface area (TPSA) is 156 Å². The third-order valence-electron chi connectivity index (χ3n) is 16.0. The van der Waals surface area contributed by atoms with E-state index in [4.69, 9.17) is 14.4 Å². The molecule has 1 N–H and O–H groups in total. The molecule has 4 atom stereocenters. The number of aromatic amines is 1. The zero-order valence-electron chi connectivity index (χ0n) is 39.9. The number of rotatable bonds is 7. The molecule has 1 spiro atoms. The third kappa shape index (κ3) is 6.30. The largest absolute Gasteiger partial charge is 0.438 e. The van der Waals surface area contributed by atoms with Crippen LogP contribution in [0.2, 0.25) is 0 Å². The average Bonchev–Trinajstić information content (AvgIpc) is 3.94. The van der Waals surface area contributed by atoms with Crippen molar-refractivity contribution in [2.45, 2.75) is 109 Å². The monoisotopic (exact) mass is 936 g/mol. The van der Waals surface area contributed by atoms with Crippen LogP contribution >= 0.6 is 0 Å². The Kier molecular flexibility index (Phi) is 9.32. The first-order valence-electron chi connectivity index (χ1n) is 23.9. The number of fused-ring (bicyclic) bond motifs is 4. The van der Waals surface area contributed by atoms with Crippen LogP contribution in [0.4, 0.5) is 8.78 Å². The van der Waals surface area contributed by atoms with E-state index < -0.39 is 34.3 Å². The van der Waals surface area contributed by atoms with Crippen LogP contribution in [-0.2, 0) is 22.7 Å². The van der Waals surface area contributed by atoms with Gasteiger partial charge >= 0.3 is 11.4 Å². The van der Waals surface area contributed by atoms with E-state index in [9.17, 15) is 9.59 Å². The zero-order chi connectivity index (χ0) is 48.2. The smallest absolute Gasteiger partial charge is 0.376 e. The van der Waals surface area contributed by atoms with Crippen molar-refractivity contribution in [2.75, 3.05) is 13.2 Å². The summed E-state index contributed by atoms with van der Waals surface area (Å²) >= 11 is 0. The fourth-order valence-electron chi connectivity index (χ4n) is 12.6. The first-order valence-corrected chi connectivity index (χ1v) is 23.9. The van der Waals surface area contributed by atoms with Crippen LogP contribution in [0.1, 0.15) is 123 Å². The lowest BCUT2D eigenvalue weighted by atomic mass is 9.58. The molecular formula is C52H54F2N10O5. The van der Waals surface area contributed by atoms with Crippen molar-refractivity contribution >= 4 is 27.7 Å². The van der Waals surface area contributed by atoms with Gasteiger partial charge in [-0.25, -0.2) is 23.1 Å². The van der Waals surface area contributed by atoms with Gasteiger partial charge in [-0.2, -0.15) is 10.2 Å². The number of hydrogen-bond acceptors (Lipinski definition) is 8. The number of carbonyl (C=O) groups is 1. The molecule has 17 heteroatoms. The fourth-order valence-corrected chi connectivity index (χ4v) is 12.6. The second kappa shape index (κ2) is 14.8. The Labute approximate surface area is 395 Å². The number of amides is 1. The highest BCUT2D eigenvalue weighted by Crippen LogP contribution is 2.58. The van der Waals surface area contributed by atoms with Crippen LogP contribution in [-0.4, -0.2) is 73.0 Å². The van der Waals surface area contributed by atoms with Gasteiger partial charge in [-0.05, 0) is 144 Å². The van der Waals surface area contributed by atoms with Crippen molar-refractivity contribution in [3.8, 4) is 17.2 Å². The van der Waals surface area contributed by atoms with Gasteiger partial charge < -0.3 is 14.2 Å². The van der Waals surface area contributed by atoms with Crippen LogP contribution in [0.5, 0.6) is 0 Å². The minimum atomic E-state index is -0.868. The molecule has 2 aliphatic carbocycles. The molecule has 69 heavy (non-hydrogen) atoms. The van der Waals surface area contributed by atoms with E-state index in [1.807, 2.05) is 17.9 Å². The van der Waals surface area contributed by atoms with Crippen molar-refractivity contribution < 1.29 is 22.8 Å². The van der Waals surface area contributed by atoms with Crippen molar-refractivity contribution in [2.24, 2.45) is 18.9 Å². The molecule has 2 aliphatic heterocycles. The summed E-state index contributed by atoms with van der Waals surface area (Å²) in [5.74, 6) is -0.522. The Bertz CT molecular complexity index is 3560. The van der Waals surface area contributed by atoms with E-state index >= 15 is 13.6 Å². The van der Waals surface area contributed by atoms with Crippen LogP contribution in [0.25, 0.3) is 39.0 Å². The maximum absolute atomic E-state index is 16.3. The van der Waals surface area contributed by atoms with Crippen LogP contribution in [0.3, 0.4) is 0 Å². The summed E-state index contributed by atoms with van der Waals surface area (Å²) in [6, 6.07) is 14.5. The van der Waals surface area contributed by atoms with Crippen molar-refractivity contribution in [1.82, 2.24) is 48.3 Å². The molecule has 5 aromatic heterocycles. The minimum Gasteiger partial charge on any atom is -0.376 e. The number of aryl methyl sites for hydroxylation is 3. The average molecular weight is 937 g/mol. The summed E-state index contributed by atoms with van der Waals surface area (Å²) < 4.78 is 50.9. The van der Waals surface area contributed by atoms with Gasteiger partial charge in [0.25, 0.3) is 5.91 Å². The third-order valence-corrected chi connectivity index (χ3v) is 16.0. The summed E-state index contributed by atoms with van der Waals surface area (Å²) in [6.45, 7) is 14.9. The Hall–Kier alpha value is -6.88. The maximum Gasteiger partial charge on any atom is 0.438 e. The first-order chi connectivity index (χ1) is 32.9. The van der Waals surface area contributed by atoms with Crippen LogP contribution in [0.15, 0.2) is 81.2 Å². The zero-order valence-corrected chi connectivity index (χ0v) is 39.9. The van der Waals surface area contributed by atoms with E-state index in [2.05, 4.69) is 65.7 Å². The van der Waals surface area contributed by atoms with Gasteiger partial charge in [-0.15, -0.1) is 0 Å². The number of carbonyl (C=O) groups excluding carboxylic acids is 1. The number of benzene rings is 3. The van der Waals surface area contributed by atoms with Crippen molar-refractivity contribution in [1.29, 1.82) is 0 Å². The molecule has 4 aliphatic rings. The molecule has 3 aromatic carbocycles. The van der Waals surface area contributed by atoms with E-state index in [0.717, 1.165) is 42.3 Å². The normalized spacial score (nSPS) is 25.2. The van der Waals surface area contributed by atoms with Gasteiger partial charge in [0, 0.05) is 54.5 Å². The van der Waals surface area contributed by atoms with E-state index in [1.54, 1.807) is 60.7 Å². The number of nitrogens with zero attached hydrogens (tertiary/aromatic N) is 9. The molecule has 8 aromatic rings. The number of hydrogen-bond donors (Lipinski definition) is 1. The second-order valence-corrected chi connectivity index (χ2v) is 21.2. The molecule has 3 fully saturated rings. The summed E-state index contributed by atoms with van der Waals surface area (Å²) in [5.41, 5.74) is 3.58. The number of H-pyrrole nitrogens is 1. The highest BCUT2D eigenvalue weighted by Gasteiger charge is 2.60. The van der Waals surface area contributed by atoms with Crippen molar-refractivity contribution in [3.63, 3.8) is 0 Å². The van der Waals surface area contributed by atoms with Gasteiger partial charge in [0.15, 0.2) is 11.6 Å². The Morgan fingerprint density at radius 3 is 2.30 bits per heavy atom. The Morgan fingerprint density at radius 1 is 0.899 bits per heavy atom. The number of nitrogens with one attached hydrogen (secondary N) is 1. The number of halogens is 2. The summed E-state index contributed by atoms with van der Waals surface area (Å²) in [4.78, 5) is 48.3. The molecule has 0 radical (unpaired) electrons. The number of imidazole rings is 1. The second-order valence-electron chi connectivity index (χ2n) is 21.2. The van der Waals surface area contributed by atoms with Gasteiger partial charge in [0.1, 0.15) is 22.9 Å². The molecule has 356 valence electrons. The van der Waals surface area contributed by atoms with Gasteiger partial charge in [-0.1, -0.05) is 25.1 Å². The molecule has 7 heterocycles. The number of ether oxygens (including phenoxy) is 1. The summed E-state index contributed by atoms with van der Waals surface area (Å²) in [7, 11) is 1.73. The lowest BCUT2D eigenvalue weighted by Crippen LogP contribution is -2.55. The Balaban J connectivity index is 1.05. The first kappa shape index (κ1) is 43.4. The van der Waals surface area contributed by atoms with Gasteiger partial charge in [-0.3, -0.25) is 28.1 Å². The predicted molar refractivity (Wildman–Crippen MR) is 254 cm³/mol. The number of aromatic nitrogens is 9. The minimum absolute atomic E-state index is 0.00681. The van der Waals surface area contributed by atoms with Crippen molar-refractivity contribution in [3.05, 3.63) is 139 Å². The van der Waals surface area contributed by atoms with E-state index in [1.165, 1.54) is 27.1 Å². The van der Waals surface area contributed by atoms with Gasteiger partial charge in [0.05, 0.1) is 45.8 Å². The highest BCUT2D eigenvalue weighted by molar-refractivity contribution is 6.00. The molecule has 12 rings (SSSR count). The SMILES string of the molecule is Cc1cc(-n2nc3c(c2-n2ccn(-c4ccc5c(cnn5C)c4F)c2=O)[C@H](C)N(C(=O)c2cc4cc([C@H]5CCOC(C)(C)C5)ccc4n2[C@@]2(c4noc(=O)[nH]4)C[C@@H]2C)CC32CC(C)C2)cc(C)c1F. The molecule has 2 saturated carbocycles. The van der Waals surface area contributed by atoms with E-state index in [0.29, 0.717) is 70.7 Å². The lowest BCUT2D eigenvalue weighted by Gasteiger charge is -2.52. The molecule has 1 saturated heterocycles. The molecular weight excluding hydrogens is 883 g/mol. The highest BCUT2D eigenvalue weighted by atomic mass is 19.1. The summed E-state index contributed by atoms with van der Waals surface area (Å²) in [5, 5.41) is 15.0. The molecule has 0 bridgehead atoms. The Morgan fingerprint density at radius 2 is 1.62 bits per heavy atom. The molecule has 1 amide bonds. The maximum atomic E-state index is 16.3. The van der Waals surface area contributed by atoms with E-state index in [-0.39, 0.29) is 40.2 Å².